The molecule has 0 aromatic heterocycles. The van der Waals surface area contributed by atoms with Crippen molar-refractivity contribution in [3.63, 3.8) is 0 Å². The lowest BCUT2D eigenvalue weighted by Crippen LogP contribution is -2.14. The normalized spacial score (nSPS) is 10.8. The number of hydrogen-bond acceptors (Lipinski definition) is 3. The molecular weight excluding hydrogens is 279 g/mol. The van der Waals surface area contributed by atoms with E-state index in [1.54, 1.807) is 13.0 Å². The summed E-state index contributed by atoms with van der Waals surface area (Å²) < 4.78 is 40.1. The topological polar surface area (TPSA) is 70.0 Å². The van der Waals surface area contributed by atoms with Crippen LogP contribution >= 0.6 is 0 Å². The fourth-order valence-corrected chi connectivity index (χ4v) is 2.75. The molecule has 102 valence electrons. The van der Waals surface area contributed by atoms with Crippen molar-refractivity contribution in [2.45, 2.75) is 11.8 Å². The SMILES string of the molecule is Cc1ccc(NS(=O)(=O)c2cccc(C#N)c2)c(F)c1. The van der Waals surface area contributed by atoms with E-state index < -0.39 is 15.8 Å². The monoisotopic (exact) mass is 290 g/mol. The molecule has 2 rings (SSSR count). The lowest BCUT2D eigenvalue weighted by Gasteiger charge is -2.09. The Morgan fingerprint density at radius 1 is 1.20 bits per heavy atom. The average Bonchev–Trinajstić information content (AvgIpc) is 2.42. The van der Waals surface area contributed by atoms with E-state index in [9.17, 15) is 12.8 Å². The molecule has 6 heteroatoms. The molecule has 0 saturated carbocycles. The maximum Gasteiger partial charge on any atom is 0.262 e. The molecule has 2 aromatic carbocycles. The zero-order chi connectivity index (χ0) is 14.8. The summed E-state index contributed by atoms with van der Waals surface area (Å²) in [7, 11) is -3.92. The lowest BCUT2D eigenvalue weighted by atomic mass is 10.2. The van der Waals surface area contributed by atoms with Gasteiger partial charge < -0.3 is 0 Å². The van der Waals surface area contributed by atoms with Gasteiger partial charge in [0.05, 0.1) is 22.2 Å². The highest BCUT2D eigenvalue weighted by Crippen LogP contribution is 2.20. The van der Waals surface area contributed by atoms with Crippen LogP contribution in [0.25, 0.3) is 0 Å². The Morgan fingerprint density at radius 2 is 1.95 bits per heavy atom. The van der Waals surface area contributed by atoms with Crippen LogP contribution in [0, 0.1) is 24.1 Å². The summed E-state index contributed by atoms with van der Waals surface area (Å²) in [6, 6.07) is 11.6. The molecule has 1 N–H and O–H groups in total. The highest BCUT2D eigenvalue weighted by Gasteiger charge is 2.16. The van der Waals surface area contributed by atoms with Gasteiger partial charge in [0.2, 0.25) is 0 Å². The van der Waals surface area contributed by atoms with Crippen LogP contribution in [0.4, 0.5) is 10.1 Å². The first kappa shape index (κ1) is 14.0. The van der Waals surface area contributed by atoms with E-state index in [0.717, 1.165) is 0 Å². The summed E-state index contributed by atoms with van der Waals surface area (Å²) in [5, 5.41) is 8.77. The van der Waals surface area contributed by atoms with E-state index in [2.05, 4.69) is 4.72 Å². The van der Waals surface area contributed by atoms with Crippen molar-refractivity contribution in [1.29, 1.82) is 5.26 Å². The number of sulfonamides is 1. The predicted octanol–water partition coefficient (Wildman–Crippen LogP) is 2.81. The summed E-state index contributed by atoms with van der Waals surface area (Å²) in [6.45, 7) is 1.71. The third-order valence-electron chi connectivity index (χ3n) is 2.64. The van der Waals surface area contributed by atoms with E-state index in [-0.39, 0.29) is 16.1 Å². The summed E-state index contributed by atoms with van der Waals surface area (Å²) >= 11 is 0. The van der Waals surface area contributed by atoms with E-state index in [4.69, 9.17) is 5.26 Å². The molecule has 0 atom stereocenters. The number of anilines is 1. The first-order valence-corrected chi connectivity index (χ1v) is 7.20. The number of halogens is 1. The fourth-order valence-electron chi connectivity index (χ4n) is 1.64. The second kappa shape index (κ2) is 5.31. The summed E-state index contributed by atoms with van der Waals surface area (Å²) in [5.74, 6) is -0.648. The van der Waals surface area contributed by atoms with Gasteiger partial charge in [0.15, 0.2) is 0 Å². The van der Waals surface area contributed by atoms with Crippen LogP contribution in [0.15, 0.2) is 47.4 Å². The quantitative estimate of drug-likeness (QED) is 0.945. The van der Waals surface area contributed by atoms with Gasteiger partial charge in [-0.15, -0.1) is 0 Å². The maximum atomic E-state index is 13.7. The van der Waals surface area contributed by atoms with Crippen molar-refractivity contribution in [1.82, 2.24) is 0 Å². The van der Waals surface area contributed by atoms with Gasteiger partial charge in [-0.1, -0.05) is 12.1 Å². The van der Waals surface area contributed by atoms with Gasteiger partial charge in [0.25, 0.3) is 10.0 Å². The molecule has 0 heterocycles. The lowest BCUT2D eigenvalue weighted by molar-refractivity contribution is 0.598. The zero-order valence-electron chi connectivity index (χ0n) is 10.6. The highest BCUT2D eigenvalue weighted by molar-refractivity contribution is 7.92. The Balaban J connectivity index is 2.38. The van der Waals surface area contributed by atoms with Gasteiger partial charge in [-0.3, -0.25) is 4.72 Å². The second-order valence-corrected chi connectivity index (χ2v) is 5.91. The maximum absolute atomic E-state index is 13.7. The molecule has 0 aliphatic heterocycles. The van der Waals surface area contributed by atoms with Crippen LogP contribution in [0.1, 0.15) is 11.1 Å². The first-order chi connectivity index (χ1) is 9.42. The number of rotatable bonds is 3. The summed E-state index contributed by atoms with van der Waals surface area (Å²) in [4.78, 5) is -0.0866. The van der Waals surface area contributed by atoms with Crippen LogP contribution in [0.3, 0.4) is 0 Å². The molecular formula is C14H11FN2O2S. The average molecular weight is 290 g/mol. The third kappa shape index (κ3) is 2.95. The van der Waals surface area contributed by atoms with Gasteiger partial charge in [-0.2, -0.15) is 5.26 Å². The highest BCUT2D eigenvalue weighted by atomic mass is 32.2. The number of benzene rings is 2. The molecule has 0 saturated heterocycles. The van der Waals surface area contributed by atoms with Gasteiger partial charge >= 0.3 is 0 Å². The number of hydrogen-bond donors (Lipinski definition) is 1. The molecule has 0 amide bonds. The molecule has 0 aliphatic rings. The molecule has 0 unspecified atom stereocenters. The van der Waals surface area contributed by atoms with Gasteiger partial charge in [-0.25, -0.2) is 12.8 Å². The standard InChI is InChI=1S/C14H11FN2O2S/c1-10-5-6-14(13(15)7-10)17-20(18,19)12-4-2-3-11(8-12)9-16/h2-8,17H,1H3. The van der Waals surface area contributed by atoms with Crippen molar-refractivity contribution in [3.05, 3.63) is 59.4 Å². The second-order valence-electron chi connectivity index (χ2n) is 4.23. The third-order valence-corrected chi connectivity index (χ3v) is 4.01. The number of nitrogens with zero attached hydrogens (tertiary/aromatic N) is 1. The van der Waals surface area contributed by atoms with Gasteiger partial charge in [0, 0.05) is 0 Å². The smallest absolute Gasteiger partial charge is 0.262 e. The van der Waals surface area contributed by atoms with Crippen LogP contribution in [0.5, 0.6) is 0 Å². The zero-order valence-corrected chi connectivity index (χ0v) is 11.4. The van der Waals surface area contributed by atoms with Crippen LogP contribution < -0.4 is 4.72 Å². The molecule has 0 aliphatic carbocycles. The Bertz CT molecular complexity index is 795. The van der Waals surface area contributed by atoms with Crippen molar-refractivity contribution in [3.8, 4) is 6.07 Å². The van der Waals surface area contributed by atoms with Gasteiger partial charge in [0.1, 0.15) is 5.82 Å². The Hall–Kier alpha value is -2.39. The van der Waals surface area contributed by atoms with Crippen LogP contribution in [-0.4, -0.2) is 8.42 Å². The van der Waals surface area contributed by atoms with E-state index in [1.807, 2.05) is 6.07 Å². The molecule has 2 aromatic rings. The number of nitriles is 1. The minimum absolute atomic E-state index is 0.0866. The van der Waals surface area contributed by atoms with Crippen LogP contribution in [-0.2, 0) is 10.0 Å². The number of aryl methyl sites for hydroxylation is 1. The summed E-state index contributed by atoms with van der Waals surface area (Å²) in [5.41, 5.74) is 0.784. The molecule has 0 fully saturated rings. The van der Waals surface area contributed by atoms with Crippen LogP contribution in [0.2, 0.25) is 0 Å². The van der Waals surface area contributed by atoms with Crippen molar-refractivity contribution >= 4 is 15.7 Å². The molecule has 4 nitrogen and oxygen atoms in total. The molecule has 0 spiro atoms. The van der Waals surface area contributed by atoms with E-state index in [1.165, 1.54) is 36.4 Å². The molecule has 0 bridgehead atoms. The van der Waals surface area contributed by atoms with E-state index in [0.29, 0.717) is 5.56 Å². The Labute approximate surface area is 116 Å². The Kier molecular flexibility index (Phi) is 3.72. The summed E-state index contributed by atoms with van der Waals surface area (Å²) in [6.07, 6.45) is 0. The van der Waals surface area contributed by atoms with E-state index >= 15 is 0 Å². The number of nitrogens with one attached hydrogen (secondary N) is 1. The first-order valence-electron chi connectivity index (χ1n) is 5.71. The van der Waals surface area contributed by atoms with Crippen molar-refractivity contribution in [2.24, 2.45) is 0 Å². The fraction of sp³-hybridized carbons (Fsp3) is 0.0714. The minimum Gasteiger partial charge on any atom is -0.277 e. The minimum atomic E-state index is -3.92. The van der Waals surface area contributed by atoms with Crippen molar-refractivity contribution in [2.75, 3.05) is 4.72 Å². The largest absolute Gasteiger partial charge is 0.277 e. The van der Waals surface area contributed by atoms with Crippen molar-refractivity contribution < 1.29 is 12.8 Å². The Morgan fingerprint density at radius 3 is 2.60 bits per heavy atom. The predicted molar refractivity (Wildman–Crippen MR) is 73.1 cm³/mol. The molecule has 0 radical (unpaired) electrons. The molecule has 20 heavy (non-hydrogen) atoms. The van der Waals surface area contributed by atoms with Gasteiger partial charge in [-0.05, 0) is 42.8 Å².